The van der Waals surface area contributed by atoms with E-state index < -0.39 is 89.8 Å². The van der Waals surface area contributed by atoms with Crippen LogP contribution in [0, 0.1) is 29.6 Å². The molecule has 15 nitrogen and oxygen atoms in total. The Labute approximate surface area is 395 Å². The highest BCUT2D eigenvalue weighted by molar-refractivity contribution is 6.39. The summed E-state index contributed by atoms with van der Waals surface area (Å²) in [7, 11) is 4.60. The largest absolute Gasteiger partial charge is 0.488 e. The van der Waals surface area contributed by atoms with Crippen LogP contribution in [0.2, 0.25) is 0 Å². The fourth-order valence-electron chi connectivity index (χ4n) is 10.7. The minimum atomic E-state index is -2.59. The lowest BCUT2D eigenvalue weighted by Crippen LogP contribution is -2.64. The molecule has 15 heteroatoms. The third-order valence-corrected chi connectivity index (χ3v) is 14.9. The molecule has 6 rings (SSSR count). The predicted octanol–water partition coefficient (Wildman–Crippen LogP) is 6.18. The van der Waals surface area contributed by atoms with Gasteiger partial charge >= 0.3 is 5.97 Å². The molecule has 1 saturated carbocycles. The van der Waals surface area contributed by atoms with E-state index in [4.69, 9.17) is 28.4 Å². The van der Waals surface area contributed by atoms with Crippen LogP contribution in [0.3, 0.4) is 0 Å². The number of hydrogen-bond donors (Lipinski definition) is 4. The zero-order chi connectivity index (χ0) is 48.7. The minimum absolute atomic E-state index is 0.0199. The van der Waals surface area contributed by atoms with E-state index in [2.05, 4.69) is 11.6 Å². The number of ketones is 2. The molecule has 67 heavy (non-hydrogen) atoms. The number of nitrogens with one attached hydrogen (secondary N) is 1. The van der Waals surface area contributed by atoms with Gasteiger partial charge in [-0.05, 0) is 119 Å². The van der Waals surface area contributed by atoms with Crippen LogP contribution in [0.1, 0.15) is 98.8 Å². The Morgan fingerprint density at radius 2 is 1.66 bits per heavy atom. The van der Waals surface area contributed by atoms with Gasteiger partial charge in [0.1, 0.15) is 35.9 Å². The molecule has 1 aliphatic carbocycles. The molecule has 2 aromatic rings. The number of aromatic nitrogens is 1. The first-order chi connectivity index (χ1) is 31.9. The number of benzene rings is 1. The van der Waals surface area contributed by atoms with E-state index >= 15 is 0 Å². The maximum Gasteiger partial charge on any atom is 0.329 e. The summed E-state index contributed by atoms with van der Waals surface area (Å²) < 4.78 is 36.8. The molecule has 1 aromatic carbocycles. The van der Waals surface area contributed by atoms with Gasteiger partial charge in [0.05, 0.1) is 30.5 Å². The first-order valence-electron chi connectivity index (χ1n) is 24.1. The van der Waals surface area contributed by atoms with Crippen LogP contribution in [0.25, 0.3) is 10.9 Å². The summed E-state index contributed by atoms with van der Waals surface area (Å²) in [6, 6.07) is 6.73. The Balaban J connectivity index is 1.33. The number of esters is 1. The molecule has 0 spiro atoms. The second kappa shape index (κ2) is 22.9. The van der Waals surface area contributed by atoms with Gasteiger partial charge < -0.3 is 53.6 Å². The number of aromatic amines is 1. The molecule has 0 radical (unpaired) electrons. The van der Waals surface area contributed by atoms with Crippen LogP contribution in [0.4, 0.5) is 0 Å². The van der Waals surface area contributed by atoms with Gasteiger partial charge in [0, 0.05) is 69.1 Å². The molecule has 3 fully saturated rings. The molecule has 2 bridgehead atoms. The monoisotopic (exact) mass is 935 g/mol. The van der Waals surface area contributed by atoms with Crippen LogP contribution < -0.4 is 4.74 Å². The zero-order valence-electron chi connectivity index (χ0n) is 40.6. The number of fused-ring (bicyclic) bond motifs is 4. The number of carbonyl (C=O) groups is 4. The third-order valence-electron chi connectivity index (χ3n) is 14.9. The number of Topliss-reactive ketones (excluding diaryl/α,β-unsaturated/α-hetero) is 2. The number of rotatable bonds is 9. The van der Waals surface area contributed by atoms with Gasteiger partial charge in [-0.25, -0.2) is 4.79 Å². The lowest BCUT2D eigenvalue weighted by molar-refractivity contribution is -0.302. The Bertz CT molecular complexity index is 2120. The predicted molar refractivity (Wildman–Crippen MR) is 251 cm³/mol. The van der Waals surface area contributed by atoms with Gasteiger partial charge in [-0.2, -0.15) is 0 Å². The van der Waals surface area contributed by atoms with Crippen molar-refractivity contribution in [1.82, 2.24) is 9.88 Å². The lowest BCUT2D eigenvalue weighted by Gasteiger charge is -2.47. The average Bonchev–Trinajstić information content (AvgIpc) is 3.80. The number of amides is 1. The number of aliphatic hydroxyl groups excluding tert-OH is 2. The number of H-pyrrole nitrogens is 1. The second-order valence-corrected chi connectivity index (χ2v) is 19.6. The van der Waals surface area contributed by atoms with Crippen LogP contribution in [0.15, 0.2) is 66.4 Å². The Morgan fingerprint density at radius 1 is 0.940 bits per heavy atom. The van der Waals surface area contributed by atoms with Crippen molar-refractivity contribution in [1.29, 1.82) is 0 Å². The Hall–Kier alpha value is -4.22. The van der Waals surface area contributed by atoms with E-state index in [-0.39, 0.29) is 62.6 Å². The third kappa shape index (κ3) is 11.8. The molecular formula is C52H74N2O13. The van der Waals surface area contributed by atoms with E-state index in [1.165, 1.54) is 19.1 Å². The quantitative estimate of drug-likeness (QED) is 0.126. The number of cyclic esters (lactones) is 1. The molecule has 370 valence electrons. The summed E-state index contributed by atoms with van der Waals surface area (Å²) >= 11 is 0. The summed E-state index contributed by atoms with van der Waals surface area (Å²) in [5, 5.41) is 36.7. The van der Waals surface area contributed by atoms with Gasteiger partial charge in [0.2, 0.25) is 5.79 Å². The number of ether oxygens (including phenoxy) is 6. The number of allylic oxidation sites excluding steroid dienone is 3. The lowest BCUT2D eigenvalue weighted by atomic mass is 9.81. The van der Waals surface area contributed by atoms with E-state index in [1.54, 1.807) is 40.0 Å². The molecule has 1 aromatic heterocycles. The number of hydrogen-bond acceptors (Lipinski definition) is 13. The number of carbonyl (C=O) groups excluding carboxylic acids is 4. The number of methoxy groups -OCH3 is 3. The van der Waals surface area contributed by atoms with E-state index in [0.717, 1.165) is 23.1 Å². The van der Waals surface area contributed by atoms with Crippen LogP contribution in [-0.4, -0.2) is 137 Å². The van der Waals surface area contributed by atoms with Gasteiger partial charge in [-0.3, -0.25) is 14.4 Å². The smallest absolute Gasteiger partial charge is 0.329 e. The summed E-state index contributed by atoms with van der Waals surface area (Å²) in [5.41, 5.74) is 2.18. The first-order valence-corrected chi connectivity index (χ1v) is 24.1. The van der Waals surface area contributed by atoms with Crippen LogP contribution >= 0.6 is 0 Å². The summed E-state index contributed by atoms with van der Waals surface area (Å²) in [6.07, 6.45) is 4.57. The fraction of sp³-hybridized carbons (Fsp3) is 0.654. The molecular weight excluding hydrogens is 861 g/mol. The SMILES string of the molecule is C=CCC1/C=C(\C)C(O)C(C)CC(OC)C2OC(O)(C(=O)C(=O)N3CCCCC3C(=O)OC(C(C)=CC3CCC(Oc4ccc5[nH]ccc5c4)C(OC)C3)C(C)C(O)CC1=O)C(C)CC2OC. The van der Waals surface area contributed by atoms with Crippen molar-refractivity contribution >= 4 is 34.3 Å². The molecule has 2 saturated heterocycles. The molecule has 4 heterocycles. The van der Waals surface area contributed by atoms with Crippen molar-refractivity contribution < 1.29 is 62.9 Å². The van der Waals surface area contributed by atoms with E-state index in [1.807, 2.05) is 50.4 Å². The van der Waals surface area contributed by atoms with Crippen molar-refractivity contribution in [3.63, 3.8) is 0 Å². The average molecular weight is 935 g/mol. The van der Waals surface area contributed by atoms with Crippen molar-refractivity contribution in [2.45, 2.75) is 159 Å². The first kappa shape index (κ1) is 52.2. The highest BCUT2D eigenvalue weighted by Crippen LogP contribution is 2.40. The van der Waals surface area contributed by atoms with Gasteiger partial charge in [0.15, 0.2) is 0 Å². The maximum atomic E-state index is 14.6. The Kier molecular flexibility index (Phi) is 17.8. The van der Waals surface area contributed by atoms with Crippen molar-refractivity contribution in [3.8, 4) is 5.75 Å². The molecule has 1 amide bonds. The summed E-state index contributed by atoms with van der Waals surface area (Å²) in [4.78, 5) is 61.8. The zero-order valence-corrected chi connectivity index (χ0v) is 40.6. The van der Waals surface area contributed by atoms with Gasteiger partial charge in [-0.15, -0.1) is 6.58 Å². The molecule has 15 unspecified atom stereocenters. The second-order valence-electron chi connectivity index (χ2n) is 19.6. The van der Waals surface area contributed by atoms with Crippen molar-refractivity contribution in [2.75, 3.05) is 27.9 Å². The van der Waals surface area contributed by atoms with E-state index in [0.29, 0.717) is 36.8 Å². The topological polar surface area (TPSA) is 203 Å². The minimum Gasteiger partial charge on any atom is -0.488 e. The van der Waals surface area contributed by atoms with Crippen LogP contribution in [-0.2, 0) is 42.9 Å². The standard InChI is InChI=1S/C52H74N2O13/c1-10-13-36-23-29(2)46(57)30(3)24-44(63-8)48-45(64-9)25-32(5)52(61,67-48)49(58)50(59)54-21-12-11-14-39(54)51(60)66-47(33(6)40(55)28-41(36)56)31(4)22-34-15-18-42(43(26-34)62-7)65-37-16-17-38-35(27-37)19-20-53-38/h10,16-17,19-20,22-23,27,30,32-34,36,39-40,42-48,53,55,57,61H,1,11-15,18,21,24-26,28H2,2-9H3/b29-23+,31-22?. The summed E-state index contributed by atoms with van der Waals surface area (Å²) in [6.45, 7) is 12.6. The van der Waals surface area contributed by atoms with Crippen molar-refractivity contribution in [3.05, 3.63) is 66.4 Å². The highest BCUT2D eigenvalue weighted by Gasteiger charge is 2.57. The number of aliphatic hydroxyl groups is 3. The highest BCUT2D eigenvalue weighted by atomic mass is 16.7. The van der Waals surface area contributed by atoms with Crippen molar-refractivity contribution in [2.24, 2.45) is 29.6 Å². The van der Waals surface area contributed by atoms with Gasteiger partial charge in [0.25, 0.3) is 11.7 Å². The van der Waals surface area contributed by atoms with E-state index in [9.17, 15) is 34.5 Å². The molecule has 4 aliphatic rings. The molecule has 15 atom stereocenters. The Morgan fingerprint density at radius 3 is 2.36 bits per heavy atom. The van der Waals surface area contributed by atoms with Crippen LogP contribution in [0.5, 0.6) is 5.75 Å². The number of nitrogens with zero attached hydrogens (tertiary/aromatic N) is 1. The normalized spacial score (nSPS) is 37.7. The summed E-state index contributed by atoms with van der Waals surface area (Å²) in [5.74, 6) is -8.09. The maximum absolute atomic E-state index is 14.6. The number of piperidine rings is 1. The van der Waals surface area contributed by atoms with Gasteiger partial charge in [-0.1, -0.05) is 39.0 Å². The molecule has 3 aliphatic heterocycles. The molecule has 4 N–H and O–H groups in total. The fourth-order valence-corrected chi connectivity index (χ4v) is 10.7.